The van der Waals surface area contributed by atoms with Crippen LogP contribution < -0.4 is 10.2 Å². The molecule has 0 fully saturated rings. The van der Waals surface area contributed by atoms with Crippen molar-refractivity contribution in [3.8, 4) is 11.3 Å². The second-order valence-electron chi connectivity index (χ2n) is 5.45. The molecular weight excluding hydrogens is 314 g/mol. The van der Waals surface area contributed by atoms with Crippen LogP contribution in [-0.4, -0.2) is 29.7 Å². The van der Waals surface area contributed by atoms with E-state index < -0.39 is 0 Å². The fourth-order valence-electron chi connectivity index (χ4n) is 2.94. The maximum atomic E-state index is 12.3. The van der Waals surface area contributed by atoms with E-state index in [2.05, 4.69) is 30.4 Å². The van der Waals surface area contributed by atoms with Crippen molar-refractivity contribution in [2.45, 2.75) is 24.7 Å². The first kappa shape index (κ1) is 14.1. The molecule has 0 saturated heterocycles. The number of rotatable bonds is 3. The van der Waals surface area contributed by atoms with Crippen LogP contribution >= 0.6 is 23.1 Å². The van der Waals surface area contributed by atoms with Crippen LogP contribution in [0.15, 0.2) is 23.1 Å². The Labute approximate surface area is 137 Å². The number of aromatic nitrogens is 1. The standard InChI is InChI=1S/C16H17N3OS2/c1-2-7-17-16-18-14-10-4-3-5-12-15(10)19(13(20)9-21-12)8-6-11(14)22-16/h3-5H,2,6-9H2,1H3,(H,17,18). The molecule has 1 aromatic heterocycles. The lowest BCUT2D eigenvalue weighted by molar-refractivity contribution is -0.116. The van der Waals surface area contributed by atoms with Crippen molar-refractivity contribution in [2.24, 2.45) is 0 Å². The number of hydrogen-bond acceptors (Lipinski definition) is 5. The molecular formula is C16H17N3OS2. The minimum absolute atomic E-state index is 0.212. The fourth-order valence-corrected chi connectivity index (χ4v) is 4.90. The lowest BCUT2D eigenvalue weighted by Crippen LogP contribution is -2.36. The van der Waals surface area contributed by atoms with E-state index in [0.29, 0.717) is 5.75 Å². The Bertz CT molecular complexity index is 741. The summed E-state index contributed by atoms with van der Waals surface area (Å²) in [6, 6.07) is 6.28. The molecule has 1 N–H and O–H groups in total. The summed E-state index contributed by atoms with van der Waals surface area (Å²) in [5.74, 6) is 0.755. The molecule has 1 aromatic carbocycles. The molecule has 114 valence electrons. The van der Waals surface area contributed by atoms with E-state index >= 15 is 0 Å². The molecule has 4 nitrogen and oxygen atoms in total. The molecule has 2 aliphatic rings. The van der Waals surface area contributed by atoms with Gasteiger partial charge in [0.15, 0.2) is 5.13 Å². The number of nitrogens with one attached hydrogen (secondary N) is 1. The van der Waals surface area contributed by atoms with Gasteiger partial charge in [-0.3, -0.25) is 4.79 Å². The lowest BCUT2D eigenvalue weighted by Gasteiger charge is -2.29. The van der Waals surface area contributed by atoms with Crippen molar-refractivity contribution < 1.29 is 4.79 Å². The summed E-state index contributed by atoms with van der Waals surface area (Å²) in [5.41, 5.74) is 3.22. The van der Waals surface area contributed by atoms with Crippen LogP contribution in [-0.2, 0) is 11.2 Å². The van der Waals surface area contributed by atoms with Gasteiger partial charge in [0.25, 0.3) is 0 Å². The lowest BCUT2D eigenvalue weighted by atomic mass is 10.1. The Kier molecular flexibility index (Phi) is 3.58. The molecule has 6 heteroatoms. The number of benzene rings is 1. The Morgan fingerprint density at radius 3 is 3.18 bits per heavy atom. The fraction of sp³-hybridized carbons (Fsp3) is 0.375. The largest absolute Gasteiger partial charge is 0.362 e. The molecule has 0 bridgehead atoms. The highest BCUT2D eigenvalue weighted by atomic mass is 32.2. The summed E-state index contributed by atoms with van der Waals surface area (Å²) in [5, 5.41) is 4.38. The van der Waals surface area contributed by atoms with E-state index in [-0.39, 0.29) is 5.91 Å². The Morgan fingerprint density at radius 1 is 1.41 bits per heavy atom. The van der Waals surface area contributed by atoms with E-state index in [1.165, 1.54) is 9.77 Å². The number of thiazole rings is 1. The smallest absolute Gasteiger partial charge is 0.237 e. The van der Waals surface area contributed by atoms with Crippen molar-refractivity contribution >= 4 is 39.8 Å². The maximum absolute atomic E-state index is 12.3. The summed E-state index contributed by atoms with van der Waals surface area (Å²) in [6.45, 7) is 3.85. The summed E-state index contributed by atoms with van der Waals surface area (Å²) in [4.78, 5) is 21.5. The molecule has 0 atom stereocenters. The molecule has 0 unspecified atom stereocenters. The van der Waals surface area contributed by atoms with E-state index in [9.17, 15) is 4.79 Å². The number of carbonyl (C=O) groups excluding carboxylic acids is 1. The van der Waals surface area contributed by atoms with Gasteiger partial charge < -0.3 is 10.2 Å². The average Bonchev–Trinajstić information content (AvgIpc) is 2.87. The molecule has 3 heterocycles. The van der Waals surface area contributed by atoms with E-state index in [4.69, 9.17) is 4.98 Å². The third-order valence-electron chi connectivity index (χ3n) is 3.96. The number of fused-ring (bicyclic) bond motifs is 2. The first-order valence-electron chi connectivity index (χ1n) is 7.58. The molecule has 2 aliphatic heterocycles. The number of carbonyl (C=O) groups is 1. The topological polar surface area (TPSA) is 45.2 Å². The highest BCUT2D eigenvalue weighted by Gasteiger charge is 2.31. The summed E-state index contributed by atoms with van der Waals surface area (Å²) in [7, 11) is 0. The van der Waals surface area contributed by atoms with Crippen LogP contribution in [0.25, 0.3) is 11.3 Å². The van der Waals surface area contributed by atoms with Gasteiger partial charge in [-0.1, -0.05) is 19.1 Å². The first-order valence-corrected chi connectivity index (χ1v) is 9.38. The van der Waals surface area contributed by atoms with E-state index in [0.717, 1.165) is 48.0 Å². The monoisotopic (exact) mass is 331 g/mol. The maximum Gasteiger partial charge on any atom is 0.237 e. The zero-order chi connectivity index (χ0) is 15.1. The Balaban J connectivity index is 1.84. The van der Waals surface area contributed by atoms with E-state index in [1.54, 1.807) is 23.1 Å². The van der Waals surface area contributed by atoms with Crippen molar-refractivity contribution in [3.63, 3.8) is 0 Å². The minimum Gasteiger partial charge on any atom is -0.362 e. The van der Waals surface area contributed by atoms with Crippen LogP contribution in [0.3, 0.4) is 0 Å². The molecule has 0 spiro atoms. The molecule has 4 rings (SSSR count). The molecule has 0 saturated carbocycles. The number of thioether (sulfide) groups is 1. The minimum atomic E-state index is 0.212. The van der Waals surface area contributed by atoms with Crippen LogP contribution in [0.5, 0.6) is 0 Å². The number of nitrogens with zero attached hydrogens (tertiary/aromatic N) is 2. The van der Waals surface area contributed by atoms with Crippen LogP contribution in [0.1, 0.15) is 18.2 Å². The summed E-state index contributed by atoms with van der Waals surface area (Å²) in [6.07, 6.45) is 1.97. The third kappa shape index (κ3) is 2.21. The quantitative estimate of drug-likeness (QED) is 0.933. The number of amides is 1. The normalized spacial score (nSPS) is 16.0. The van der Waals surface area contributed by atoms with Gasteiger partial charge in [-0.15, -0.1) is 23.1 Å². The first-order chi connectivity index (χ1) is 10.8. The van der Waals surface area contributed by atoms with Crippen molar-refractivity contribution in [2.75, 3.05) is 29.1 Å². The second-order valence-corrected chi connectivity index (χ2v) is 7.55. The van der Waals surface area contributed by atoms with Gasteiger partial charge in [0.2, 0.25) is 5.91 Å². The number of hydrogen-bond donors (Lipinski definition) is 1. The zero-order valence-electron chi connectivity index (χ0n) is 12.4. The SMILES string of the molecule is CCCNc1nc2c(s1)CCN1C(=O)CSc3cccc-2c31. The predicted octanol–water partition coefficient (Wildman–Crippen LogP) is 3.63. The van der Waals surface area contributed by atoms with Gasteiger partial charge in [0.05, 0.1) is 17.1 Å². The van der Waals surface area contributed by atoms with Gasteiger partial charge in [-0.25, -0.2) is 4.98 Å². The molecule has 1 amide bonds. The highest BCUT2D eigenvalue weighted by molar-refractivity contribution is 8.00. The van der Waals surface area contributed by atoms with Crippen LogP contribution in [0, 0.1) is 0 Å². The molecule has 2 aromatic rings. The highest BCUT2D eigenvalue weighted by Crippen LogP contribution is 2.46. The molecule has 0 radical (unpaired) electrons. The Morgan fingerprint density at radius 2 is 2.32 bits per heavy atom. The van der Waals surface area contributed by atoms with Gasteiger partial charge >= 0.3 is 0 Å². The third-order valence-corrected chi connectivity index (χ3v) is 6.07. The van der Waals surface area contributed by atoms with Crippen LogP contribution in [0.2, 0.25) is 0 Å². The Hall–Kier alpha value is -1.53. The number of anilines is 2. The average molecular weight is 331 g/mol. The van der Waals surface area contributed by atoms with Gasteiger partial charge in [-0.2, -0.15) is 0 Å². The summed E-state index contributed by atoms with van der Waals surface area (Å²) < 4.78 is 0. The van der Waals surface area contributed by atoms with E-state index in [1.807, 2.05) is 4.90 Å². The van der Waals surface area contributed by atoms with Gasteiger partial charge in [0, 0.05) is 34.8 Å². The van der Waals surface area contributed by atoms with Gasteiger partial charge in [-0.05, 0) is 12.5 Å². The van der Waals surface area contributed by atoms with Crippen LogP contribution in [0.4, 0.5) is 10.8 Å². The molecule has 22 heavy (non-hydrogen) atoms. The van der Waals surface area contributed by atoms with Crippen molar-refractivity contribution in [1.82, 2.24) is 4.98 Å². The zero-order valence-corrected chi connectivity index (χ0v) is 14.0. The summed E-state index contributed by atoms with van der Waals surface area (Å²) >= 11 is 3.36. The van der Waals surface area contributed by atoms with Crippen molar-refractivity contribution in [1.29, 1.82) is 0 Å². The number of para-hydroxylation sites is 1. The molecule has 0 aliphatic carbocycles. The second kappa shape index (κ2) is 5.59. The van der Waals surface area contributed by atoms with Gasteiger partial charge in [0.1, 0.15) is 0 Å². The van der Waals surface area contributed by atoms with Crippen molar-refractivity contribution in [3.05, 3.63) is 23.1 Å². The predicted molar refractivity (Wildman–Crippen MR) is 93.1 cm³/mol.